The van der Waals surface area contributed by atoms with Gasteiger partial charge in [-0.3, -0.25) is 0 Å². The summed E-state index contributed by atoms with van der Waals surface area (Å²) < 4.78 is 0. The monoisotopic (exact) mass is 245 g/mol. The van der Waals surface area contributed by atoms with E-state index in [2.05, 4.69) is 49.3 Å². The van der Waals surface area contributed by atoms with Crippen LogP contribution in [0.1, 0.15) is 64.9 Å². The molecule has 1 nitrogen and oxygen atoms in total. The highest BCUT2D eigenvalue weighted by Crippen LogP contribution is 2.31. The van der Waals surface area contributed by atoms with Gasteiger partial charge in [-0.05, 0) is 30.4 Å². The molecule has 1 aromatic carbocycles. The molecule has 0 saturated heterocycles. The van der Waals surface area contributed by atoms with Gasteiger partial charge in [-0.2, -0.15) is 0 Å². The second-order valence-corrected chi connectivity index (χ2v) is 4.56. The topological polar surface area (TPSA) is 15.8 Å². The number of hydrogen-bond acceptors (Lipinski definition) is 0. The molecule has 0 unspecified atom stereocenters. The van der Waals surface area contributed by atoms with Crippen molar-refractivity contribution in [3.05, 3.63) is 36.0 Å². The maximum atomic E-state index is 3.39. The van der Waals surface area contributed by atoms with E-state index in [0.717, 1.165) is 5.92 Å². The van der Waals surface area contributed by atoms with Gasteiger partial charge in [0.15, 0.2) is 0 Å². The summed E-state index contributed by atoms with van der Waals surface area (Å²) in [4.78, 5) is 3.39. The van der Waals surface area contributed by atoms with Crippen molar-refractivity contribution in [1.29, 1.82) is 0 Å². The summed E-state index contributed by atoms with van der Waals surface area (Å²) in [6.07, 6.45) is 7.35. The first kappa shape index (κ1) is 14.8. The van der Waals surface area contributed by atoms with Gasteiger partial charge in [0, 0.05) is 17.1 Å². The standard InChI is InChI=1S/C15H21N.C2H6/c1-3-7-12(8-4-2)14-11-16-15-10-6-5-9-13(14)15;1-2/h5-6,9-12,16H,3-4,7-8H2,1-2H3;1-2H3. The number of hydrogen-bond donors (Lipinski definition) is 1. The van der Waals surface area contributed by atoms with Crippen molar-refractivity contribution in [1.82, 2.24) is 4.98 Å². The largest absolute Gasteiger partial charge is 0.361 e. The Morgan fingerprint density at radius 1 is 1.00 bits per heavy atom. The number of benzene rings is 1. The van der Waals surface area contributed by atoms with Gasteiger partial charge >= 0.3 is 0 Å². The van der Waals surface area contributed by atoms with E-state index in [9.17, 15) is 0 Å². The summed E-state index contributed by atoms with van der Waals surface area (Å²) >= 11 is 0. The van der Waals surface area contributed by atoms with Crippen molar-refractivity contribution in [2.24, 2.45) is 0 Å². The Hall–Kier alpha value is -1.24. The third kappa shape index (κ3) is 3.38. The molecule has 0 radical (unpaired) electrons. The van der Waals surface area contributed by atoms with Crippen LogP contribution < -0.4 is 0 Å². The number of nitrogens with one attached hydrogen (secondary N) is 1. The van der Waals surface area contributed by atoms with Gasteiger partial charge < -0.3 is 4.98 Å². The second kappa shape index (κ2) is 7.97. The Kier molecular flexibility index (Phi) is 6.56. The van der Waals surface area contributed by atoms with E-state index >= 15 is 0 Å². The van der Waals surface area contributed by atoms with E-state index in [4.69, 9.17) is 0 Å². The highest BCUT2D eigenvalue weighted by atomic mass is 14.7. The Morgan fingerprint density at radius 3 is 2.22 bits per heavy atom. The van der Waals surface area contributed by atoms with Gasteiger partial charge in [0.2, 0.25) is 0 Å². The summed E-state index contributed by atoms with van der Waals surface area (Å²) in [6, 6.07) is 8.62. The Labute approximate surface area is 112 Å². The van der Waals surface area contributed by atoms with Crippen molar-refractivity contribution in [3.63, 3.8) is 0 Å². The molecule has 18 heavy (non-hydrogen) atoms. The van der Waals surface area contributed by atoms with Crippen LogP contribution in [-0.4, -0.2) is 4.98 Å². The maximum absolute atomic E-state index is 3.39. The molecule has 0 saturated carbocycles. The third-order valence-corrected chi connectivity index (χ3v) is 3.34. The lowest BCUT2D eigenvalue weighted by atomic mass is 9.90. The van der Waals surface area contributed by atoms with Gasteiger partial charge in [0.05, 0.1) is 0 Å². The minimum absolute atomic E-state index is 0.728. The molecule has 0 bridgehead atoms. The summed E-state index contributed by atoms with van der Waals surface area (Å²) in [7, 11) is 0. The lowest BCUT2D eigenvalue weighted by Gasteiger charge is -2.14. The smallest absolute Gasteiger partial charge is 0.0456 e. The molecule has 1 N–H and O–H groups in total. The molecular weight excluding hydrogens is 218 g/mol. The van der Waals surface area contributed by atoms with Crippen LogP contribution in [-0.2, 0) is 0 Å². The normalized spacial score (nSPS) is 10.5. The van der Waals surface area contributed by atoms with E-state index < -0.39 is 0 Å². The highest BCUT2D eigenvalue weighted by Gasteiger charge is 2.13. The summed E-state index contributed by atoms with van der Waals surface area (Å²) in [5.74, 6) is 0.728. The molecule has 0 fully saturated rings. The van der Waals surface area contributed by atoms with Crippen molar-refractivity contribution in [2.45, 2.75) is 59.3 Å². The molecule has 0 aliphatic heterocycles. The van der Waals surface area contributed by atoms with Gasteiger partial charge in [0.25, 0.3) is 0 Å². The summed E-state index contributed by atoms with van der Waals surface area (Å²) in [5.41, 5.74) is 2.79. The fourth-order valence-corrected chi connectivity index (χ4v) is 2.58. The van der Waals surface area contributed by atoms with Crippen molar-refractivity contribution in [3.8, 4) is 0 Å². The summed E-state index contributed by atoms with van der Waals surface area (Å²) in [6.45, 7) is 8.55. The predicted molar refractivity (Wildman–Crippen MR) is 82.2 cm³/mol. The predicted octanol–water partition coefficient (Wildman–Crippen LogP) is 5.88. The fraction of sp³-hybridized carbons (Fsp3) is 0.529. The van der Waals surface area contributed by atoms with Crippen LogP contribution >= 0.6 is 0 Å². The zero-order chi connectivity index (χ0) is 13.4. The van der Waals surface area contributed by atoms with Crippen molar-refractivity contribution in [2.75, 3.05) is 0 Å². The molecule has 0 aliphatic carbocycles. The van der Waals surface area contributed by atoms with E-state index in [1.807, 2.05) is 13.8 Å². The third-order valence-electron chi connectivity index (χ3n) is 3.34. The molecule has 1 aromatic heterocycles. The Bertz CT molecular complexity index is 436. The van der Waals surface area contributed by atoms with Crippen molar-refractivity contribution >= 4 is 10.9 Å². The van der Waals surface area contributed by atoms with Crippen LogP contribution in [0.15, 0.2) is 30.5 Å². The average Bonchev–Trinajstić information content (AvgIpc) is 2.85. The number of aromatic nitrogens is 1. The zero-order valence-corrected chi connectivity index (χ0v) is 12.3. The Balaban J connectivity index is 0.000000771. The number of fused-ring (bicyclic) bond motifs is 1. The summed E-state index contributed by atoms with van der Waals surface area (Å²) in [5, 5.41) is 1.41. The molecule has 0 aliphatic rings. The van der Waals surface area contributed by atoms with Crippen LogP contribution in [0.5, 0.6) is 0 Å². The molecule has 0 amide bonds. The molecule has 2 rings (SSSR count). The van der Waals surface area contributed by atoms with Gasteiger partial charge in [-0.15, -0.1) is 0 Å². The lowest BCUT2D eigenvalue weighted by molar-refractivity contribution is 0.564. The van der Waals surface area contributed by atoms with E-state index in [0.29, 0.717) is 0 Å². The number of aromatic amines is 1. The molecule has 1 heteroatoms. The lowest BCUT2D eigenvalue weighted by Crippen LogP contribution is -1.97. The number of para-hydroxylation sites is 1. The van der Waals surface area contributed by atoms with Gasteiger partial charge in [0.1, 0.15) is 0 Å². The first-order chi connectivity index (χ1) is 8.86. The van der Waals surface area contributed by atoms with E-state index in [1.165, 1.54) is 42.1 Å². The molecule has 0 spiro atoms. The second-order valence-electron chi connectivity index (χ2n) is 4.56. The SMILES string of the molecule is CC.CCCC(CCC)c1c[nH]c2ccccc12. The first-order valence-electron chi connectivity index (χ1n) is 7.42. The number of rotatable bonds is 5. The van der Waals surface area contributed by atoms with Crippen LogP contribution in [0.4, 0.5) is 0 Å². The van der Waals surface area contributed by atoms with Gasteiger partial charge in [-0.25, -0.2) is 0 Å². The van der Waals surface area contributed by atoms with Crippen LogP contribution in [0.25, 0.3) is 10.9 Å². The average molecular weight is 245 g/mol. The van der Waals surface area contributed by atoms with Crippen molar-refractivity contribution < 1.29 is 0 Å². The fourth-order valence-electron chi connectivity index (χ4n) is 2.58. The van der Waals surface area contributed by atoms with Crippen LogP contribution in [0, 0.1) is 0 Å². The van der Waals surface area contributed by atoms with E-state index in [-0.39, 0.29) is 0 Å². The highest BCUT2D eigenvalue weighted by molar-refractivity contribution is 5.83. The van der Waals surface area contributed by atoms with Crippen LogP contribution in [0.3, 0.4) is 0 Å². The molecule has 0 atom stereocenters. The quantitative estimate of drug-likeness (QED) is 0.677. The van der Waals surface area contributed by atoms with E-state index in [1.54, 1.807) is 0 Å². The zero-order valence-electron chi connectivity index (χ0n) is 12.3. The molecule has 2 aromatic rings. The maximum Gasteiger partial charge on any atom is 0.0456 e. The molecular formula is C17H27N. The number of H-pyrrole nitrogens is 1. The molecule has 100 valence electrons. The minimum Gasteiger partial charge on any atom is -0.361 e. The van der Waals surface area contributed by atoms with Crippen LogP contribution in [0.2, 0.25) is 0 Å². The minimum atomic E-state index is 0.728. The molecule has 1 heterocycles. The Morgan fingerprint density at radius 2 is 1.61 bits per heavy atom. The van der Waals surface area contributed by atoms with Gasteiger partial charge in [-0.1, -0.05) is 58.7 Å². The first-order valence-corrected chi connectivity index (χ1v) is 7.42.